The van der Waals surface area contributed by atoms with E-state index in [2.05, 4.69) is 26.1 Å². The van der Waals surface area contributed by atoms with Crippen molar-refractivity contribution in [3.8, 4) is 5.88 Å². The molecule has 0 radical (unpaired) electrons. The number of ether oxygens (including phenoxy) is 1. The molecule has 3 heterocycles. The summed E-state index contributed by atoms with van der Waals surface area (Å²) in [5, 5.41) is 4.64. The van der Waals surface area contributed by atoms with Crippen LogP contribution in [0.15, 0.2) is 51.6 Å². The van der Waals surface area contributed by atoms with E-state index in [9.17, 15) is 8.42 Å². The van der Waals surface area contributed by atoms with Crippen LogP contribution in [0.3, 0.4) is 0 Å². The van der Waals surface area contributed by atoms with Crippen LogP contribution in [0.2, 0.25) is 0 Å². The molecule has 1 aliphatic heterocycles. The van der Waals surface area contributed by atoms with Crippen LogP contribution in [0.25, 0.3) is 11.0 Å². The predicted octanol–water partition coefficient (Wildman–Crippen LogP) is 2.97. The Balaban J connectivity index is 1.44. The zero-order valence-electron chi connectivity index (χ0n) is 13.7. The van der Waals surface area contributed by atoms with Crippen LogP contribution in [-0.4, -0.2) is 42.1 Å². The molecule has 1 atom stereocenters. The lowest BCUT2D eigenvalue weighted by atomic mass is 10.2. The van der Waals surface area contributed by atoms with Crippen LogP contribution < -0.4 is 4.74 Å². The van der Waals surface area contributed by atoms with Crippen molar-refractivity contribution < 1.29 is 17.7 Å². The lowest BCUT2D eigenvalue weighted by molar-refractivity contribution is 0.207. The van der Waals surface area contributed by atoms with E-state index >= 15 is 0 Å². The highest BCUT2D eigenvalue weighted by Gasteiger charge is 2.33. The van der Waals surface area contributed by atoms with E-state index in [4.69, 9.17) is 9.26 Å². The largest absolute Gasteiger partial charge is 0.473 e. The Morgan fingerprint density at radius 3 is 2.92 bits per heavy atom. The molecular weight excluding hydrogens is 422 g/mol. The molecule has 0 saturated carbocycles. The topological polar surface area (TPSA) is 85.5 Å². The number of halogens is 1. The van der Waals surface area contributed by atoms with Crippen LogP contribution in [0.4, 0.5) is 0 Å². The number of benzene rings is 1. The molecular formula is C17H16BrN3O4S. The van der Waals surface area contributed by atoms with Crippen molar-refractivity contribution in [3.05, 3.63) is 52.8 Å². The zero-order chi connectivity index (χ0) is 18.1. The normalized spacial score (nSPS) is 18.4. The van der Waals surface area contributed by atoms with E-state index in [0.29, 0.717) is 36.7 Å². The molecule has 1 fully saturated rings. The minimum absolute atomic E-state index is 0.187. The van der Waals surface area contributed by atoms with Gasteiger partial charge >= 0.3 is 0 Å². The number of hydrogen-bond acceptors (Lipinski definition) is 6. The lowest BCUT2D eigenvalue weighted by Gasteiger charge is -2.16. The average molecular weight is 438 g/mol. The zero-order valence-corrected chi connectivity index (χ0v) is 16.1. The van der Waals surface area contributed by atoms with E-state index in [1.54, 1.807) is 18.3 Å². The Hall–Kier alpha value is -1.97. The Labute approximate surface area is 159 Å². The van der Waals surface area contributed by atoms with E-state index in [1.165, 1.54) is 4.31 Å². The number of para-hydroxylation sites is 1. The SMILES string of the molecule is O=S(=O)(Cc1noc2ccccc12)N1CCC(Oc2ccc(Br)cn2)C1. The summed E-state index contributed by atoms with van der Waals surface area (Å²) in [6, 6.07) is 10.8. The van der Waals surface area contributed by atoms with Crippen molar-refractivity contribution in [2.75, 3.05) is 13.1 Å². The minimum Gasteiger partial charge on any atom is -0.473 e. The molecule has 0 amide bonds. The number of fused-ring (bicyclic) bond motifs is 1. The van der Waals surface area contributed by atoms with Gasteiger partial charge in [0.1, 0.15) is 17.6 Å². The van der Waals surface area contributed by atoms with Crippen molar-refractivity contribution in [2.45, 2.75) is 18.3 Å². The molecule has 0 spiro atoms. The van der Waals surface area contributed by atoms with Gasteiger partial charge < -0.3 is 9.26 Å². The molecule has 4 rings (SSSR count). The molecule has 0 bridgehead atoms. The summed E-state index contributed by atoms with van der Waals surface area (Å²) in [7, 11) is -3.50. The van der Waals surface area contributed by atoms with Gasteiger partial charge in [-0.25, -0.2) is 13.4 Å². The van der Waals surface area contributed by atoms with Crippen molar-refractivity contribution in [3.63, 3.8) is 0 Å². The highest BCUT2D eigenvalue weighted by atomic mass is 79.9. The third-order valence-corrected chi connectivity index (χ3v) is 6.49. The van der Waals surface area contributed by atoms with Gasteiger partial charge in [-0.1, -0.05) is 17.3 Å². The maximum Gasteiger partial charge on any atom is 0.220 e. The van der Waals surface area contributed by atoms with Gasteiger partial charge in [-0.3, -0.25) is 0 Å². The number of nitrogens with zero attached hydrogens (tertiary/aromatic N) is 3. The molecule has 1 aromatic carbocycles. The molecule has 136 valence electrons. The van der Waals surface area contributed by atoms with E-state index in [-0.39, 0.29) is 11.9 Å². The van der Waals surface area contributed by atoms with Crippen LogP contribution in [0.1, 0.15) is 12.1 Å². The van der Waals surface area contributed by atoms with Gasteiger partial charge in [-0.05, 0) is 40.5 Å². The first kappa shape index (κ1) is 17.4. The number of rotatable bonds is 5. The molecule has 0 N–H and O–H groups in total. The second-order valence-corrected chi connectivity index (χ2v) is 8.97. The van der Waals surface area contributed by atoms with Crippen LogP contribution >= 0.6 is 15.9 Å². The molecule has 3 aromatic rings. The molecule has 1 aliphatic rings. The molecule has 9 heteroatoms. The summed E-state index contributed by atoms with van der Waals surface area (Å²) in [6.45, 7) is 0.717. The van der Waals surface area contributed by atoms with Crippen molar-refractivity contribution in [1.82, 2.24) is 14.4 Å². The van der Waals surface area contributed by atoms with Gasteiger partial charge in [0.15, 0.2) is 5.58 Å². The van der Waals surface area contributed by atoms with Gasteiger partial charge in [0.2, 0.25) is 15.9 Å². The second-order valence-electron chi connectivity index (χ2n) is 6.08. The third kappa shape index (κ3) is 3.60. The Kier molecular flexibility index (Phi) is 4.68. The van der Waals surface area contributed by atoms with Crippen molar-refractivity contribution in [2.24, 2.45) is 0 Å². The van der Waals surface area contributed by atoms with Gasteiger partial charge in [0, 0.05) is 28.7 Å². The average Bonchev–Trinajstić information content (AvgIpc) is 3.25. The van der Waals surface area contributed by atoms with E-state index in [1.807, 2.05) is 24.3 Å². The first-order chi connectivity index (χ1) is 12.5. The molecule has 2 aromatic heterocycles. The third-order valence-electron chi connectivity index (χ3n) is 4.26. The summed E-state index contributed by atoms with van der Waals surface area (Å²) >= 11 is 3.32. The highest BCUT2D eigenvalue weighted by molar-refractivity contribution is 9.10. The first-order valence-corrected chi connectivity index (χ1v) is 10.5. The van der Waals surface area contributed by atoms with Gasteiger partial charge in [-0.2, -0.15) is 4.31 Å². The second kappa shape index (κ2) is 6.98. The van der Waals surface area contributed by atoms with E-state index in [0.717, 1.165) is 9.86 Å². The molecule has 7 nitrogen and oxygen atoms in total. The number of hydrogen-bond donors (Lipinski definition) is 0. The fourth-order valence-corrected chi connectivity index (χ4v) is 4.70. The quantitative estimate of drug-likeness (QED) is 0.609. The van der Waals surface area contributed by atoms with Crippen LogP contribution in [-0.2, 0) is 15.8 Å². The summed E-state index contributed by atoms with van der Waals surface area (Å²) < 4.78 is 38.8. The number of pyridine rings is 1. The first-order valence-electron chi connectivity index (χ1n) is 8.10. The fourth-order valence-electron chi connectivity index (χ4n) is 2.96. The van der Waals surface area contributed by atoms with Crippen molar-refractivity contribution >= 4 is 36.9 Å². The monoisotopic (exact) mass is 437 g/mol. The Bertz CT molecular complexity index is 1020. The Morgan fingerprint density at radius 2 is 2.12 bits per heavy atom. The summed E-state index contributed by atoms with van der Waals surface area (Å²) in [5.74, 6) is 0.299. The van der Waals surface area contributed by atoms with Crippen LogP contribution in [0, 0.1) is 0 Å². The summed E-state index contributed by atoms with van der Waals surface area (Å²) in [5.41, 5.74) is 1.01. The smallest absolute Gasteiger partial charge is 0.220 e. The minimum atomic E-state index is -3.50. The molecule has 1 unspecified atom stereocenters. The van der Waals surface area contributed by atoms with Gasteiger partial charge in [-0.15, -0.1) is 0 Å². The van der Waals surface area contributed by atoms with E-state index < -0.39 is 10.0 Å². The molecule has 1 saturated heterocycles. The van der Waals surface area contributed by atoms with Crippen LogP contribution in [0.5, 0.6) is 5.88 Å². The maximum absolute atomic E-state index is 12.8. The van der Waals surface area contributed by atoms with Crippen molar-refractivity contribution in [1.29, 1.82) is 0 Å². The Morgan fingerprint density at radius 1 is 1.27 bits per heavy atom. The molecule has 26 heavy (non-hydrogen) atoms. The lowest BCUT2D eigenvalue weighted by Crippen LogP contribution is -2.32. The maximum atomic E-state index is 12.8. The van der Waals surface area contributed by atoms with Gasteiger partial charge in [0.25, 0.3) is 0 Å². The van der Waals surface area contributed by atoms with Gasteiger partial charge in [0.05, 0.1) is 6.54 Å². The number of aromatic nitrogens is 2. The number of sulfonamides is 1. The fraction of sp³-hybridized carbons (Fsp3) is 0.294. The standard InChI is InChI=1S/C17H16BrN3O4S/c18-12-5-6-17(19-9-12)24-13-7-8-21(10-13)26(22,23)11-15-14-3-1-2-4-16(14)25-20-15/h1-6,9,13H,7-8,10-11H2. The summed E-state index contributed by atoms with van der Waals surface area (Å²) in [4.78, 5) is 4.16. The summed E-state index contributed by atoms with van der Waals surface area (Å²) in [6.07, 6.45) is 2.05. The molecule has 0 aliphatic carbocycles. The highest BCUT2D eigenvalue weighted by Crippen LogP contribution is 2.24. The predicted molar refractivity (Wildman–Crippen MR) is 99.2 cm³/mol.